The van der Waals surface area contributed by atoms with Crippen LogP contribution >= 0.6 is 0 Å². The molecule has 0 aromatic carbocycles. The Bertz CT molecular complexity index is 312. The zero-order valence-corrected chi connectivity index (χ0v) is 9.97. The summed E-state index contributed by atoms with van der Waals surface area (Å²) >= 11 is 0. The van der Waals surface area contributed by atoms with Crippen LogP contribution in [0.4, 0.5) is 0 Å². The number of piperidine rings is 1. The molecule has 1 aromatic heterocycles. The number of nitrogens with zero attached hydrogens (tertiary/aromatic N) is 2. The second-order valence-corrected chi connectivity index (χ2v) is 4.67. The van der Waals surface area contributed by atoms with Crippen LogP contribution in [0, 0.1) is 5.92 Å². The van der Waals surface area contributed by atoms with Gasteiger partial charge in [0.15, 0.2) is 0 Å². The van der Waals surface area contributed by atoms with E-state index in [1.54, 1.807) is 0 Å². The molecule has 1 aliphatic rings. The first-order valence-corrected chi connectivity index (χ1v) is 6.16. The molecule has 1 fully saturated rings. The monoisotopic (exact) mass is 219 g/mol. The van der Waals surface area contributed by atoms with Gasteiger partial charge in [0.2, 0.25) is 0 Å². The summed E-state index contributed by atoms with van der Waals surface area (Å²) < 4.78 is 0. The molecule has 2 N–H and O–H groups in total. The molecule has 2 rings (SSSR count). The molecule has 0 saturated carbocycles. The van der Waals surface area contributed by atoms with Crippen LogP contribution in [0.25, 0.3) is 0 Å². The van der Waals surface area contributed by atoms with E-state index in [9.17, 15) is 0 Å². The standard InChI is InChI=1S/C13H21N3/c1-11(13-6-2-3-7-15-13)16-8-4-5-12(9-14)10-16/h2-3,6-7,11-12H,4-5,8-10,14H2,1H3/t11-,12+/m1/s1. The van der Waals surface area contributed by atoms with Crippen molar-refractivity contribution >= 4 is 0 Å². The number of likely N-dealkylation sites (tertiary alicyclic amines) is 1. The first kappa shape index (κ1) is 11.6. The highest BCUT2D eigenvalue weighted by Gasteiger charge is 2.23. The molecular weight excluding hydrogens is 198 g/mol. The molecule has 1 aromatic rings. The molecular formula is C13H21N3. The van der Waals surface area contributed by atoms with E-state index in [1.165, 1.54) is 25.1 Å². The predicted octanol–water partition coefficient (Wildman–Crippen LogP) is 1.81. The van der Waals surface area contributed by atoms with Gasteiger partial charge in [0.1, 0.15) is 0 Å². The summed E-state index contributed by atoms with van der Waals surface area (Å²) in [5.74, 6) is 0.667. The van der Waals surface area contributed by atoms with E-state index in [-0.39, 0.29) is 0 Å². The van der Waals surface area contributed by atoms with Crippen molar-refractivity contribution in [3.63, 3.8) is 0 Å². The average molecular weight is 219 g/mol. The van der Waals surface area contributed by atoms with Crippen LogP contribution in [0.3, 0.4) is 0 Å². The maximum atomic E-state index is 5.76. The maximum absolute atomic E-state index is 5.76. The van der Waals surface area contributed by atoms with Crippen LogP contribution in [0.2, 0.25) is 0 Å². The number of nitrogens with two attached hydrogens (primary N) is 1. The molecule has 3 heteroatoms. The van der Waals surface area contributed by atoms with Crippen molar-refractivity contribution in [1.82, 2.24) is 9.88 Å². The lowest BCUT2D eigenvalue weighted by Crippen LogP contribution is -2.39. The molecule has 3 nitrogen and oxygen atoms in total. The third-order valence-electron chi connectivity index (χ3n) is 3.55. The molecule has 88 valence electrons. The number of hydrogen-bond donors (Lipinski definition) is 1. The summed E-state index contributed by atoms with van der Waals surface area (Å²) in [6, 6.07) is 6.55. The SMILES string of the molecule is C[C@H](c1ccccn1)N1CCC[C@@H](CN)C1. The van der Waals surface area contributed by atoms with Crippen molar-refractivity contribution in [2.75, 3.05) is 19.6 Å². The number of hydrogen-bond acceptors (Lipinski definition) is 3. The fourth-order valence-corrected chi connectivity index (χ4v) is 2.45. The van der Waals surface area contributed by atoms with Crippen molar-refractivity contribution in [2.45, 2.75) is 25.8 Å². The summed E-state index contributed by atoms with van der Waals surface area (Å²) in [5.41, 5.74) is 6.93. The minimum atomic E-state index is 0.413. The van der Waals surface area contributed by atoms with Gasteiger partial charge in [-0.2, -0.15) is 0 Å². The van der Waals surface area contributed by atoms with E-state index in [0.29, 0.717) is 12.0 Å². The van der Waals surface area contributed by atoms with Gasteiger partial charge < -0.3 is 5.73 Å². The van der Waals surface area contributed by atoms with E-state index in [0.717, 1.165) is 13.1 Å². The van der Waals surface area contributed by atoms with Gasteiger partial charge in [0.05, 0.1) is 5.69 Å². The molecule has 0 unspecified atom stereocenters. The van der Waals surface area contributed by atoms with Crippen molar-refractivity contribution < 1.29 is 0 Å². The smallest absolute Gasteiger partial charge is 0.0572 e. The Labute approximate surface area is 97.7 Å². The van der Waals surface area contributed by atoms with Gasteiger partial charge in [0.25, 0.3) is 0 Å². The Balaban J connectivity index is 2.01. The van der Waals surface area contributed by atoms with Gasteiger partial charge in [0, 0.05) is 18.8 Å². The Morgan fingerprint density at radius 3 is 3.12 bits per heavy atom. The quantitative estimate of drug-likeness (QED) is 0.843. The van der Waals surface area contributed by atoms with Crippen molar-refractivity contribution in [3.05, 3.63) is 30.1 Å². The predicted molar refractivity (Wildman–Crippen MR) is 66.0 cm³/mol. The molecule has 2 atom stereocenters. The highest BCUT2D eigenvalue weighted by molar-refractivity contribution is 5.08. The number of aromatic nitrogens is 1. The van der Waals surface area contributed by atoms with Crippen LogP contribution in [-0.4, -0.2) is 29.5 Å². The van der Waals surface area contributed by atoms with Crippen molar-refractivity contribution in [3.8, 4) is 0 Å². The van der Waals surface area contributed by atoms with Crippen LogP contribution in [0.5, 0.6) is 0 Å². The minimum Gasteiger partial charge on any atom is -0.330 e. The summed E-state index contributed by atoms with van der Waals surface area (Å²) in [7, 11) is 0. The summed E-state index contributed by atoms with van der Waals surface area (Å²) in [6.45, 7) is 5.34. The number of pyridine rings is 1. The van der Waals surface area contributed by atoms with Crippen LogP contribution < -0.4 is 5.73 Å². The summed E-state index contributed by atoms with van der Waals surface area (Å²) in [6.07, 6.45) is 4.41. The highest BCUT2D eigenvalue weighted by Crippen LogP contribution is 2.24. The lowest BCUT2D eigenvalue weighted by molar-refractivity contribution is 0.132. The van der Waals surface area contributed by atoms with Crippen LogP contribution in [0.15, 0.2) is 24.4 Å². The van der Waals surface area contributed by atoms with Gasteiger partial charge in [-0.3, -0.25) is 9.88 Å². The maximum Gasteiger partial charge on any atom is 0.0572 e. The molecule has 1 aliphatic heterocycles. The third-order valence-corrected chi connectivity index (χ3v) is 3.55. The van der Waals surface area contributed by atoms with Gasteiger partial charge in [-0.05, 0) is 50.9 Å². The zero-order chi connectivity index (χ0) is 11.4. The van der Waals surface area contributed by atoms with Crippen molar-refractivity contribution in [1.29, 1.82) is 0 Å². The van der Waals surface area contributed by atoms with Crippen LogP contribution in [0.1, 0.15) is 31.5 Å². The second-order valence-electron chi connectivity index (χ2n) is 4.67. The molecule has 0 aliphatic carbocycles. The third kappa shape index (κ3) is 2.60. The van der Waals surface area contributed by atoms with E-state index in [2.05, 4.69) is 28.9 Å². The summed E-state index contributed by atoms with van der Waals surface area (Å²) in [4.78, 5) is 6.94. The molecule has 0 spiro atoms. The Morgan fingerprint density at radius 1 is 1.56 bits per heavy atom. The average Bonchev–Trinajstić information content (AvgIpc) is 2.39. The molecule has 16 heavy (non-hydrogen) atoms. The largest absolute Gasteiger partial charge is 0.330 e. The second kappa shape index (κ2) is 5.41. The minimum absolute atomic E-state index is 0.413. The highest BCUT2D eigenvalue weighted by atomic mass is 15.2. The topological polar surface area (TPSA) is 42.2 Å². The van der Waals surface area contributed by atoms with Gasteiger partial charge in [-0.15, -0.1) is 0 Å². The fourth-order valence-electron chi connectivity index (χ4n) is 2.45. The van der Waals surface area contributed by atoms with E-state index < -0.39 is 0 Å². The first-order chi connectivity index (χ1) is 7.81. The first-order valence-electron chi connectivity index (χ1n) is 6.16. The fraction of sp³-hybridized carbons (Fsp3) is 0.615. The molecule has 0 radical (unpaired) electrons. The number of rotatable bonds is 3. The molecule has 0 bridgehead atoms. The lowest BCUT2D eigenvalue weighted by Gasteiger charge is -2.36. The Hall–Kier alpha value is -0.930. The molecule has 0 amide bonds. The zero-order valence-electron chi connectivity index (χ0n) is 9.97. The molecule has 2 heterocycles. The van der Waals surface area contributed by atoms with E-state index >= 15 is 0 Å². The van der Waals surface area contributed by atoms with Gasteiger partial charge in [-0.25, -0.2) is 0 Å². The van der Waals surface area contributed by atoms with Gasteiger partial charge >= 0.3 is 0 Å². The van der Waals surface area contributed by atoms with Crippen LogP contribution in [-0.2, 0) is 0 Å². The Morgan fingerprint density at radius 2 is 2.44 bits per heavy atom. The normalized spacial score (nSPS) is 24.2. The molecule has 1 saturated heterocycles. The lowest BCUT2D eigenvalue weighted by atomic mass is 9.96. The summed E-state index contributed by atoms with van der Waals surface area (Å²) in [5, 5.41) is 0. The van der Waals surface area contributed by atoms with E-state index in [4.69, 9.17) is 5.73 Å². The van der Waals surface area contributed by atoms with Crippen molar-refractivity contribution in [2.24, 2.45) is 11.7 Å². The Kier molecular flexibility index (Phi) is 3.91. The van der Waals surface area contributed by atoms with E-state index in [1.807, 2.05) is 12.3 Å². The van der Waals surface area contributed by atoms with Gasteiger partial charge in [-0.1, -0.05) is 6.07 Å².